The van der Waals surface area contributed by atoms with E-state index in [2.05, 4.69) is 19.2 Å². The largest absolute Gasteiger partial charge is 0.311 e. The predicted octanol–water partition coefficient (Wildman–Crippen LogP) is 2.67. The molecule has 0 aromatic rings. The van der Waals surface area contributed by atoms with Gasteiger partial charge in [0.2, 0.25) is 0 Å². The van der Waals surface area contributed by atoms with E-state index in [9.17, 15) is 8.78 Å². The van der Waals surface area contributed by atoms with Crippen LogP contribution in [0.5, 0.6) is 0 Å². The van der Waals surface area contributed by atoms with E-state index in [1.165, 1.54) is 6.92 Å². The minimum absolute atomic E-state index is 0.0817. The minimum atomic E-state index is -2.53. The standard InChI is InChI=1S/C9H19F2N/c1-4-9(10,11)7-12-6-5-8(2)3/h8,12H,4-7H2,1-3H3. The molecule has 0 amide bonds. The lowest BCUT2D eigenvalue weighted by Gasteiger charge is -2.15. The van der Waals surface area contributed by atoms with Gasteiger partial charge < -0.3 is 5.32 Å². The van der Waals surface area contributed by atoms with Gasteiger partial charge in [0.25, 0.3) is 5.92 Å². The van der Waals surface area contributed by atoms with Crippen molar-refractivity contribution in [3.63, 3.8) is 0 Å². The van der Waals surface area contributed by atoms with Crippen molar-refractivity contribution in [2.24, 2.45) is 5.92 Å². The lowest BCUT2D eigenvalue weighted by atomic mass is 10.1. The molecule has 0 unspecified atom stereocenters. The van der Waals surface area contributed by atoms with Crippen molar-refractivity contribution in [2.45, 2.75) is 39.5 Å². The van der Waals surface area contributed by atoms with E-state index in [1.54, 1.807) is 0 Å². The van der Waals surface area contributed by atoms with Crippen LogP contribution in [-0.4, -0.2) is 19.0 Å². The van der Waals surface area contributed by atoms with Gasteiger partial charge in [-0.05, 0) is 18.9 Å². The zero-order valence-electron chi connectivity index (χ0n) is 8.16. The third-order valence-corrected chi connectivity index (χ3v) is 1.80. The molecule has 0 aliphatic heterocycles. The van der Waals surface area contributed by atoms with Crippen LogP contribution >= 0.6 is 0 Å². The number of nitrogens with one attached hydrogen (secondary N) is 1. The van der Waals surface area contributed by atoms with Crippen molar-refractivity contribution in [1.29, 1.82) is 0 Å². The summed E-state index contributed by atoms with van der Waals surface area (Å²) in [6.07, 6.45) is 0.876. The summed E-state index contributed by atoms with van der Waals surface area (Å²) >= 11 is 0. The zero-order valence-corrected chi connectivity index (χ0v) is 8.16. The van der Waals surface area contributed by atoms with E-state index in [-0.39, 0.29) is 13.0 Å². The number of halogens is 2. The predicted molar refractivity (Wildman–Crippen MR) is 47.6 cm³/mol. The summed E-state index contributed by atoms with van der Waals surface area (Å²) in [5.41, 5.74) is 0. The Morgan fingerprint density at radius 3 is 2.33 bits per heavy atom. The normalized spacial score (nSPS) is 12.5. The van der Waals surface area contributed by atoms with Crippen LogP contribution in [0.25, 0.3) is 0 Å². The van der Waals surface area contributed by atoms with Crippen molar-refractivity contribution in [3.8, 4) is 0 Å². The summed E-state index contributed by atoms with van der Waals surface area (Å²) in [7, 11) is 0. The maximum absolute atomic E-state index is 12.6. The topological polar surface area (TPSA) is 12.0 Å². The summed E-state index contributed by atoms with van der Waals surface area (Å²) in [5.74, 6) is -1.95. The van der Waals surface area contributed by atoms with Crippen molar-refractivity contribution >= 4 is 0 Å². The molecule has 1 nitrogen and oxygen atoms in total. The second-order valence-electron chi connectivity index (χ2n) is 3.57. The van der Waals surface area contributed by atoms with Crippen molar-refractivity contribution in [1.82, 2.24) is 5.32 Å². The van der Waals surface area contributed by atoms with Crippen molar-refractivity contribution < 1.29 is 8.78 Å². The Morgan fingerprint density at radius 2 is 1.92 bits per heavy atom. The molecule has 0 heterocycles. The quantitative estimate of drug-likeness (QED) is 0.618. The Hall–Kier alpha value is -0.180. The molecule has 0 aliphatic carbocycles. The molecule has 0 spiro atoms. The smallest absolute Gasteiger partial charge is 0.260 e. The average Bonchev–Trinajstić information content (AvgIpc) is 1.98. The Labute approximate surface area is 73.5 Å². The molecule has 0 aliphatic rings. The van der Waals surface area contributed by atoms with Crippen LogP contribution in [0.4, 0.5) is 8.78 Å². The number of hydrogen-bond donors (Lipinski definition) is 1. The summed E-state index contributed by atoms with van der Waals surface area (Å²) in [4.78, 5) is 0. The van der Waals surface area contributed by atoms with E-state index >= 15 is 0 Å². The molecular formula is C9H19F2N. The first-order valence-electron chi connectivity index (χ1n) is 4.56. The first-order chi connectivity index (χ1) is 5.48. The molecular weight excluding hydrogens is 160 g/mol. The Morgan fingerprint density at radius 1 is 1.33 bits per heavy atom. The third-order valence-electron chi connectivity index (χ3n) is 1.80. The highest BCUT2D eigenvalue weighted by Crippen LogP contribution is 2.15. The zero-order chi connectivity index (χ0) is 9.61. The van der Waals surface area contributed by atoms with Crippen LogP contribution in [-0.2, 0) is 0 Å². The van der Waals surface area contributed by atoms with Gasteiger partial charge in [0.05, 0.1) is 6.54 Å². The van der Waals surface area contributed by atoms with Gasteiger partial charge in [-0.1, -0.05) is 20.8 Å². The Kier molecular flexibility index (Phi) is 5.38. The SMILES string of the molecule is CCC(F)(F)CNCCC(C)C. The molecule has 0 saturated carbocycles. The lowest BCUT2D eigenvalue weighted by molar-refractivity contribution is -0.00160. The fourth-order valence-corrected chi connectivity index (χ4v) is 0.787. The summed E-state index contributed by atoms with van der Waals surface area (Å²) in [6, 6.07) is 0. The van der Waals surface area contributed by atoms with Crippen molar-refractivity contribution in [2.75, 3.05) is 13.1 Å². The molecule has 3 heteroatoms. The summed E-state index contributed by atoms with van der Waals surface area (Å²) in [5, 5.41) is 2.76. The van der Waals surface area contributed by atoms with E-state index in [0.717, 1.165) is 6.42 Å². The maximum Gasteiger partial charge on any atom is 0.260 e. The van der Waals surface area contributed by atoms with E-state index in [4.69, 9.17) is 0 Å². The van der Waals surface area contributed by atoms with Crippen LogP contribution in [0.1, 0.15) is 33.6 Å². The second-order valence-corrected chi connectivity index (χ2v) is 3.57. The van der Waals surface area contributed by atoms with Crippen LogP contribution in [0.15, 0.2) is 0 Å². The van der Waals surface area contributed by atoms with Gasteiger partial charge in [-0.2, -0.15) is 0 Å². The average molecular weight is 179 g/mol. The highest BCUT2D eigenvalue weighted by molar-refractivity contribution is 4.66. The van der Waals surface area contributed by atoms with Crippen LogP contribution < -0.4 is 5.32 Å². The highest BCUT2D eigenvalue weighted by atomic mass is 19.3. The number of rotatable bonds is 6. The van der Waals surface area contributed by atoms with Gasteiger partial charge in [-0.25, -0.2) is 8.78 Å². The van der Waals surface area contributed by atoms with Crippen LogP contribution in [0.3, 0.4) is 0 Å². The first kappa shape index (κ1) is 11.8. The maximum atomic E-state index is 12.6. The molecule has 0 radical (unpaired) electrons. The molecule has 12 heavy (non-hydrogen) atoms. The second kappa shape index (κ2) is 5.46. The van der Waals surface area contributed by atoms with E-state index < -0.39 is 5.92 Å². The minimum Gasteiger partial charge on any atom is -0.311 e. The molecule has 0 bridgehead atoms. The number of alkyl halides is 2. The molecule has 0 aromatic carbocycles. The van der Waals surface area contributed by atoms with Gasteiger partial charge in [0.1, 0.15) is 0 Å². The van der Waals surface area contributed by atoms with E-state index in [1.807, 2.05) is 0 Å². The third kappa shape index (κ3) is 6.53. The van der Waals surface area contributed by atoms with Gasteiger partial charge >= 0.3 is 0 Å². The van der Waals surface area contributed by atoms with Gasteiger partial charge in [0.15, 0.2) is 0 Å². The molecule has 0 atom stereocenters. The lowest BCUT2D eigenvalue weighted by Crippen LogP contribution is -2.32. The highest BCUT2D eigenvalue weighted by Gasteiger charge is 2.24. The fraction of sp³-hybridized carbons (Fsp3) is 1.00. The van der Waals surface area contributed by atoms with Crippen molar-refractivity contribution in [3.05, 3.63) is 0 Å². The summed E-state index contributed by atoms with van der Waals surface area (Å²) < 4.78 is 25.2. The number of hydrogen-bond acceptors (Lipinski definition) is 1. The Bertz CT molecular complexity index is 113. The van der Waals surface area contributed by atoms with E-state index in [0.29, 0.717) is 12.5 Å². The molecule has 74 valence electrons. The summed E-state index contributed by atoms with van der Waals surface area (Å²) in [6.45, 7) is 6.17. The molecule has 0 rings (SSSR count). The van der Waals surface area contributed by atoms with Crippen LogP contribution in [0.2, 0.25) is 0 Å². The molecule has 0 aromatic heterocycles. The molecule has 0 fully saturated rings. The van der Waals surface area contributed by atoms with Gasteiger partial charge in [-0.3, -0.25) is 0 Å². The molecule has 1 N–H and O–H groups in total. The Balaban J connectivity index is 3.31. The first-order valence-corrected chi connectivity index (χ1v) is 4.56. The van der Waals surface area contributed by atoms with Gasteiger partial charge in [-0.15, -0.1) is 0 Å². The van der Waals surface area contributed by atoms with Gasteiger partial charge in [0, 0.05) is 6.42 Å². The fourth-order valence-electron chi connectivity index (χ4n) is 0.787. The monoisotopic (exact) mass is 179 g/mol. The molecule has 0 saturated heterocycles. The van der Waals surface area contributed by atoms with Crippen LogP contribution in [0, 0.1) is 5.92 Å².